The summed E-state index contributed by atoms with van der Waals surface area (Å²) in [6.45, 7) is 0.291. The van der Waals surface area contributed by atoms with Crippen LogP contribution in [0.15, 0.2) is 44.8 Å². The van der Waals surface area contributed by atoms with Crippen molar-refractivity contribution < 1.29 is 28.6 Å². The van der Waals surface area contributed by atoms with Crippen molar-refractivity contribution in [1.29, 1.82) is 0 Å². The van der Waals surface area contributed by atoms with Crippen molar-refractivity contribution in [3.05, 3.63) is 52.3 Å². The molecule has 1 aliphatic rings. The molecule has 1 fully saturated rings. The van der Waals surface area contributed by atoms with Gasteiger partial charge < -0.3 is 24.3 Å². The number of nitrogens with zero attached hydrogens (tertiary/aromatic N) is 1. The predicted octanol–water partition coefficient (Wildman–Crippen LogP) is 2.76. The van der Waals surface area contributed by atoms with E-state index < -0.39 is 5.97 Å². The van der Waals surface area contributed by atoms with Crippen LogP contribution >= 0.6 is 11.8 Å². The number of carbonyl (C=O) groups excluding carboxylic acids is 1. The summed E-state index contributed by atoms with van der Waals surface area (Å²) in [5, 5.41) is 12.6. The number of aliphatic imine (C=N–C) groups is 1. The second-order valence-electron chi connectivity index (χ2n) is 5.34. The number of furan rings is 1. The Morgan fingerprint density at radius 1 is 1.33 bits per heavy atom. The number of rotatable bonds is 6. The minimum absolute atomic E-state index is 0.0845. The number of amidine groups is 1. The molecule has 9 heteroatoms. The summed E-state index contributed by atoms with van der Waals surface area (Å²) >= 11 is 1.12. The van der Waals surface area contributed by atoms with E-state index in [0.29, 0.717) is 33.7 Å². The smallest absolute Gasteiger partial charge is 0.340 e. The molecule has 2 heterocycles. The van der Waals surface area contributed by atoms with Crippen molar-refractivity contribution in [1.82, 2.24) is 5.32 Å². The molecule has 0 unspecified atom stereocenters. The third kappa shape index (κ3) is 3.98. The highest BCUT2D eigenvalue weighted by Gasteiger charge is 2.26. The minimum atomic E-state index is -1.19. The van der Waals surface area contributed by atoms with Crippen LogP contribution in [0.5, 0.6) is 11.5 Å². The third-order valence-corrected chi connectivity index (χ3v) is 4.64. The second kappa shape index (κ2) is 8.00. The fourth-order valence-electron chi connectivity index (χ4n) is 2.48. The van der Waals surface area contributed by atoms with Gasteiger partial charge in [-0.1, -0.05) is 6.07 Å². The molecule has 0 spiro atoms. The molecule has 2 N–H and O–H groups in total. The summed E-state index contributed by atoms with van der Waals surface area (Å²) in [5.41, 5.74) is 0.240. The van der Waals surface area contributed by atoms with Gasteiger partial charge in [-0.2, -0.15) is 0 Å². The Kier molecular flexibility index (Phi) is 5.51. The number of thioether (sulfide) groups is 1. The first kappa shape index (κ1) is 18.6. The van der Waals surface area contributed by atoms with Gasteiger partial charge in [0.2, 0.25) is 0 Å². The maximum atomic E-state index is 12.2. The molecule has 0 radical (unpaired) electrons. The van der Waals surface area contributed by atoms with Gasteiger partial charge >= 0.3 is 5.97 Å². The number of carboxylic acid groups (broad SMARTS) is 1. The number of carboxylic acids is 1. The zero-order valence-electron chi connectivity index (χ0n) is 14.5. The molecule has 1 amide bonds. The maximum Gasteiger partial charge on any atom is 0.340 e. The van der Waals surface area contributed by atoms with E-state index in [1.54, 1.807) is 30.5 Å². The molecule has 8 nitrogen and oxygen atoms in total. The number of hydrogen-bond acceptors (Lipinski definition) is 7. The first-order chi connectivity index (χ1) is 13.0. The summed E-state index contributed by atoms with van der Waals surface area (Å²) in [6.07, 6.45) is 3.03. The summed E-state index contributed by atoms with van der Waals surface area (Å²) in [5.74, 6) is -0.490. The average Bonchev–Trinajstić information content (AvgIpc) is 3.29. The first-order valence-corrected chi connectivity index (χ1v) is 8.61. The molecule has 1 aromatic carbocycles. The van der Waals surface area contributed by atoms with E-state index in [0.717, 1.165) is 11.8 Å². The van der Waals surface area contributed by atoms with Crippen molar-refractivity contribution in [3.63, 3.8) is 0 Å². The van der Waals surface area contributed by atoms with Gasteiger partial charge in [-0.15, -0.1) is 0 Å². The first-order valence-electron chi connectivity index (χ1n) is 7.79. The molecular weight excluding hydrogens is 372 g/mol. The van der Waals surface area contributed by atoms with Crippen LogP contribution in [0, 0.1) is 0 Å². The quantitative estimate of drug-likeness (QED) is 0.732. The van der Waals surface area contributed by atoms with E-state index in [1.807, 2.05) is 0 Å². The third-order valence-electron chi connectivity index (χ3n) is 3.69. The van der Waals surface area contributed by atoms with Crippen molar-refractivity contribution in [2.24, 2.45) is 4.99 Å². The number of aromatic carboxylic acids is 1. The number of carbonyl (C=O) groups is 2. The lowest BCUT2D eigenvalue weighted by atomic mass is 10.0. The highest BCUT2D eigenvalue weighted by molar-refractivity contribution is 8.18. The number of methoxy groups -OCH3 is 2. The Labute approximate surface area is 158 Å². The number of hydrogen-bond donors (Lipinski definition) is 2. The summed E-state index contributed by atoms with van der Waals surface area (Å²) in [7, 11) is 2.78. The fraction of sp³-hybridized carbons (Fsp3) is 0.167. The van der Waals surface area contributed by atoms with Gasteiger partial charge in [0.15, 0.2) is 16.7 Å². The van der Waals surface area contributed by atoms with Gasteiger partial charge in [-0.25, -0.2) is 4.79 Å². The number of nitrogens with one attached hydrogen (secondary N) is 1. The molecule has 0 atom stereocenters. The monoisotopic (exact) mass is 388 g/mol. The molecule has 27 heavy (non-hydrogen) atoms. The summed E-state index contributed by atoms with van der Waals surface area (Å²) in [4.78, 5) is 28.5. The van der Waals surface area contributed by atoms with Crippen LogP contribution in [-0.4, -0.2) is 36.4 Å². The molecule has 1 saturated heterocycles. The van der Waals surface area contributed by atoms with Crippen LogP contribution in [0.4, 0.5) is 0 Å². The van der Waals surface area contributed by atoms with Crippen LogP contribution in [0.3, 0.4) is 0 Å². The highest BCUT2D eigenvalue weighted by atomic mass is 32.2. The van der Waals surface area contributed by atoms with Crippen LogP contribution in [-0.2, 0) is 11.3 Å². The molecule has 1 aliphatic heterocycles. The van der Waals surface area contributed by atoms with E-state index in [2.05, 4.69) is 10.3 Å². The number of benzene rings is 1. The summed E-state index contributed by atoms with van der Waals surface area (Å²) in [6, 6.07) is 6.68. The molecule has 2 aromatic rings. The molecule has 0 aliphatic carbocycles. The van der Waals surface area contributed by atoms with Crippen molar-refractivity contribution in [2.75, 3.05) is 14.2 Å². The molecule has 1 aromatic heterocycles. The lowest BCUT2D eigenvalue weighted by Crippen LogP contribution is -2.19. The van der Waals surface area contributed by atoms with Crippen LogP contribution in [0.2, 0.25) is 0 Å². The zero-order valence-corrected chi connectivity index (χ0v) is 15.3. The molecule has 0 saturated carbocycles. The maximum absolute atomic E-state index is 12.2. The van der Waals surface area contributed by atoms with Crippen LogP contribution < -0.4 is 14.8 Å². The van der Waals surface area contributed by atoms with Gasteiger partial charge in [-0.05, 0) is 41.6 Å². The highest BCUT2D eigenvalue weighted by Crippen LogP contribution is 2.36. The Hall–Kier alpha value is -3.20. The topological polar surface area (TPSA) is 110 Å². The normalized spacial score (nSPS) is 16.6. The van der Waals surface area contributed by atoms with Crippen molar-refractivity contribution >= 4 is 34.9 Å². The van der Waals surface area contributed by atoms with Crippen LogP contribution in [0.25, 0.3) is 6.08 Å². The number of ether oxygens (including phenoxy) is 2. The predicted molar refractivity (Wildman–Crippen MR) is 100 cm³/mol. The van der Waals surface area contributed by atoms with Crippen molar-refractivity contribution in [3.8, 4) is 11.5 Å². The Balaban J connectivity index is 1.91. The second-order valence-corrected chi connectivity index (χ2v) is 6.37. The molecule has 140 valence electrons. The standard InChI is InChI=1S/C18H16N2O6S/c1-24-12-6-5-10(14(17(22)23)15(12)25-2)8-13-16(21)20-18(27-13)19-9-11-4-3-7-26-11/h3-8H,9H2,1-2H3,(H,22,23)(H,19,20,21)/b13-8-. The van der Waals surface area contributed by atoms with Crippen molar-refractivity contribution in [2.45, 2.75) is 6.54 Å². The van der Waals surface area contributed by atoms with E-state index in [-0.39, 0.29) is 17.2 Å². The van der Waals surface area contributed by atoms with E-state index in [1.165, 1.54) is 20.3 Å². The molecular formula is C18H16N2O6S. The van der Waals surface area contributed by atoms with E-state index >= 15 is 0 Å². The average molecular weight is 388 g/mol. The van der Waals surface area contributed by atoms with Crippen LogP contribution in [0.1, 0.15) is 21.7 Å². The van der Waals surface area contributed by atoms with Gasteiger partial charge in [-0.3, -0.25) is 9.79 Å². The molecule has 0 bridgehead atoms. The lowest BCUT2D eigenvalue weighted by molar-refractivity contribution is -0.115. The van der Waals surface area contributed by atoms with Gasteiger partial charge in [0.25, 0.3) is 5.91 Å². The Bertz CT molecular complexity index is 934. The fourth-order valence-corrected chi connectivity index (χ4v) is 3.29. The lowest BCUT2D eigenvalue weighted by Gasteiger charge is -2.12. The Morgan fingerprint density at radius 2 is 2.15 bits per heavy atom. The SMILES string of the molecule is COc1ccc(/C=C2\SC(=NCc3ccco3)NC2=O)c(C(=O)O)c1OC. The molecule has 3 rings (SSSR count). The zero-order chi connectivity index (χ0) is 19.4. The Morgan fingerprint density at radius 3 is 2.78 bits per heavy atom. The van der Waals surface area contributed by atoms with Gasteiger partial charge in [0.05, 0.1) is 31.9 Å². The van der Waals surface area contributed by atoms with Gasteiger partial charge in [0.1, 0.15) is 11.3 Å². The van der Waals surface area contributed by atoms with E-state index in [4.69, 9.17) is 13.9 Å². The van der Waals surface area contributed by atoms with Gasteiger partial charge in [0, 0.05) is 0 Å². The minimum Gasteiger partial charge on any atom is -0.493 e. The largest absolute Gasteiger partial charge is 0.493 e. The van der Waals surface area contributed by atoms with E-state index in [9.17, 15) is 14.7 Å². The number of amides is 1. The summed E-state index contributed by atoms with van der Waals surface area (Å²) < 4.78 is 15.5.